The van der Waals surface area contributed by atoms with E-state index in [9.17, 15) is 0 Å². The Kier molecular flexibility index (Phi) is 28.8. The Bertz CT molecular complexity index is 6700. The van der Waals surface area contributed by atoms with Crippen LogP contribution in [-0.4, -0.2) is 22.8 Å². The molecule has 10 heteroatoms. The van der Waals surface area contributed by atoms with Gasteiger partial charge in [0.15, 0.2) is 11.0 Å². The molecule has 0 fully saturated rings. The van der Waals surface area contributed by atoms with Gasteiger partial charge in [-0.2, -0.15) is 22.8 Å². The number of fused-ring (bicyclic) bond motifs is 1. The second-order valence-electron chi connectivity index (χ2n) is 37.8. The summed E-state index contributed by atoms with van der Waals surface area (Å²) in [5, 5.41) is 0. The van der Waals surface area contributed by atoms with Crippen LogP contribution in [0.25, 0.3) is 96.4 Å². The minimum atomic E-state index is -0.900. The van der Waals surface area contributed by atoms with Gasteiger partial charge in [-0.1, -0.05) is 320 Å². The molecule has 0 aliphatic heterocycles. The van der Waals surface area contributed by atoms with E-state index < -0.39 is 29.5 Å². The predicted octanol–water partition coefficient (Wildman–Crippen LogP) is 28.8. The summed E-state index contributed by atoms with van der Waals surface area (Å²) in [4.78, 5) is 0. The summed E-state index contributed by atoms with van der Waals surface area (Å²) >= 11 is 0. The fourth-order valence-electron chi connectivity index (χ4n) is 18.0. The maximum Gasteiger partial charge on any atom is 0.295 e. The van der Waals surface area contributed by atoms with Gasteiger partial charge in [-0.15, -0.1) is 0 Å². The van der Waals surface area contributed by atoms with Crippen LogP contribution < -0.4 is 22.8 Å². The number of aryl methyl sites for hydroxylation is 10. The van der Waals surface area contributed by atoms with Gasteiger partial charge in [-0.05, 0) is 187 Å². The van der Waals surface area contributed by atoms with Crippen LogP contribution in [0.15, 0.2) is 286 Å². The van der Waals surface area contributed by atoms with Gasteiger partial charge in [0.1, 0.15) is 78.0 Å². The molecule has 10 nitrogen and oxygen atoms in total. The molecule has 0 saturated heterocycles. The highest BCUT2D eigenvalue weighted by Gasteiger charge is 2.34. The molecule has 16 aromatic rings. The van der Waals surface area contributed by atoms with Crippen LogP contribution in [0.3, 0.4) is 0 Å². The molecule has 0 aliphatic rings. The first-order chi connectivity index (χ1) is 63.0. The molecule has 11 aromatic carbocycles. The zero-order valence-electron chi connectivity index (χ0n) is 88.0. The summed E-state index contributed by atoms with van der Waals surface area (Å²) in [7, 11) is 10.5. The lowest BCUT2D eigenvalue weighted by Gasteiger charge is -2.21. The van der Waals surface area contributed by atoms with E-state index in [4.69, 9.17) is 6.85 Å². The van der Waals surface area contributed by atoms with Crippen molar-refractivity contribution in [3.63, 3.8) is 0 Å². The standard InChI is InChI=1S/2C26H35N2.2C23H29N2.C21H19N2/c2*1-17(2)21-15-23(18(3)4)25(24(16-21)19(5)6)28-14-13-27(8)26(28)22-12-10-9-11-20(22)7;2*1-16(2)19-12-9-13-20(17(3)4)22(19)25-15-14-24(6)23(25)21-11-8-7-10-18(21)5;1-16-10-6-7-13-18(16)21-22(2)19-14-8-9-15-20(19)23(21)17-11-4-3-5-12-17/h2*9-19H,1-8H3;2*7-17H,1-6H3;3-15H,1-2H3/q5*+1/i17D,18D,19D;;16D,17D;;. The van der Waals surface area contributed by atoms with Crippen LogP contribution in [0.1, 0.15) is 288 Å². The lowest BCUT2D eigenvalue weighted by Crippen LogP contribution is -2.30. The third-order valence-corrected chi connectivity index (χ3v) is 25.3. The van der Waals surface area contributed by atoms with Crippen LogP contribution >= 0.6 is 0 Å². The van der Waals surface area contributed by atoms with Gasteiger partial charge >= 0.3 is 0 Å². The van der Waals surface area contributed by atoms with Crippen molar-refractivity contribution in [2.24, 2.45) is 35.2 Å². The van der Waals surface area contributed by atoms with Crippen molar-refractivity contribution in [1.29, 1.82) is 0 Å². The van der Waals surface area contributed by atoms with Crippen molar-refractivity contribution in [1.82, 2.24) is 22.8 Å². The second kappa shape index (κ2) is 41.9. The molecule has 5 aromatic heterocycles. The first kappa shape index (κ1) is 88.7. The van der Waals surface area contributed by atoms with Gasteiger partial charge in [0.2, 0.25) is 0 Å². The zero-order chi connectivity index (χ0) is 97.9. The van der Waals surface area contributed by atoms with Crippen molar-refractivity contribution >= 4 is 11.0 Å². The molecule has 0 unspecified atom stereocenters. The molecule has 0 bridgehead atoms. The number of nitrogens with zero attached hydrogens (tertiary/aromatic N) is 10. The van der Waals surface area contributed by atoms with Crippen molar-refractivity contribution < 1.29 is 29.7 Å². The highest BCUT2D eigenvalue weighted by Crippen LogP contribution is 2.42. The molecule has 0 radical (unpaired) electrons. The Hall–Kier alpha value is -12.3. The Morgan fingerprint density at radius 3 is 0.806 bits per heavy atom. The monoisotopic (exact) mass is 1720 g/mol. The normalized spacial score (nSPS) is 12.5. The Labute approximate surface area is 781 Å². The SMILES string of the molecule is Cc1ccccc1-c1n(-c2c(C(C)C)cc(C(C)C)cc2C(C)C)cc[n+]1C.Cc1ccccc1-c1n(-c2c(C(C)C)cccc2C(C)C)cc[n+]1C.Cc1ccccc1-c1n(-c2ccccc2)c2ccccc2[n+]1C.[2H]C(C)(C)c1cc(C([2H])(C)C)c(-n2cc[n+](C)c2-c2ccccc2C)c(C([2H])(C)C)c1.[2H]C(C)(C)c1cccc(C([2H])(C)C)c1-n1cc[n+](C)c1-c1ccccc1C. The summed E-state index contributed by atoms with van der Waals surface area (Å²) in [5.41, 5.74) is 31.9. The zero-order valence-corrected chi connectivity index (χ0v) is 83.0. The number of aromatic nitrogens is 10. The van der Waals surface area contributed by atoms with Crippen LogP contribution in [0, 0.1) is 34.6 Å². The smallest absolute Gasteiger partial charge is 0.232 e. The lowest BCUT2D eigenvalue weighted by atomic mass is 9.87. The first-order valence-corrected chi connectivity index (χ1v) is 46.3. The van der Waals surface area contributed by atoms with Crippen LogP contribution in [0.2, 0.25) is 0 Å². The highest BCUT2D eigenvalue weighted by molar-refractivity contribution is 5.80. The number of hydrogen-bond donors (Lipinski definition) is 0. The van der Waals surface area contributed by atoms with Gasteiger partial charge < -0.3 is 0 Å². The molecule has 129 heavy (non-hydrogen) atoms. The lowest BCUT2D eigenvalue weighted by molar-refractivity contribution is -0.659. The van der Waals surface area contributed by atoms with E-state index in [1.54, 1.807) is 0 Å². The van der Waals surface area contributed by atoms with Crippen molar-refractivity contribution in [3.8, 4) is 85.4 Å². The minimum Gasteiger partial charge on any atom is -0.232 e. The first-order valence-electron chi connectivity index (χ1n) is 48.8. The molecular weight excluding hydrogens is 1570 g/mol. The van der Waals surface area contributed by atoms with E-state index in [0.29, 0.717) is 29.6 Å². The summed E-state index contributed by atoms with van der Waals surface area (Å²) in [6.45, 7) is 52.6. The Morgan fingerprint density at radius 1 is 0.240 bits per heavy atom. The van der Waals surface area contributed by atoms with Crippen LogP contribution in [-0.2, 0) is 35.2 Å². The van der Waals surface area contributed by atoms with Gasteiger partial charge in [-0.25, -0.2) is 22.8 Å². The molecule has 0 N–H and O–H groups in total. The number of benzene rings is 11. The minimum absolute atomic E-state index is 0.462. The fraction of sp³-hybridized carbons (Fsp3) is 0.336. The van der Waals surface area contributed by atoms with E-state index in [1.165, 1.54) is 118 Å². The maximum absolute atomic E-state index is 8.95. The number of imidazole rings is 5. The maximum atomic E-state index is 8.95. The molecule has 668 valence electrons. The van der Waals surface area contributed by atoms with Gasteiger partial charge in [-0.3, -0.25) is 0 Å². The largest absolute Gasteiger partial charge is 0.295 e. The Morgan fingerprint density at radius 2 is 0.504 bits per heavy atom. The van der Waals surface area contributed by atoms with Gasteiger partial charge in [0.05, 0.1) is 63.1 Å². The molecule has 0 atom stereocenters. The summed E-state index contributed by atoms with van der Waals surface area (Å²) in [6.07, 6.45) is 16.9. The molecule has 5 heterocycles. The number of hydrogen-bond acceptors (Lipinski definition) is 0. The third-order valence-electron chi connectivity index (χ3n) is 25.3. The van der Waals surface area contributed by atoms with Gasteiger partial charge in [0.25, 0.3) is 29.1 Å². The molecule has 0 amide bonds. The number of rotatable bonds is 20. The van der Waals surface area contributed by atoms with Crippen molar-refractivity contribution in [2.75, 3.05) is 0 Å². The Balaban J connectivity index is 0.000000151. The number of para-hydroxylation sites is 5. The molecule has 16 rings (SSSR count). The van der Waals surface area contributed by atoms with E-state index in [0.717, 1.165) is 62.0 Å². The fourth-order valence-corrected chi connectivity index (χ4v) is 18.0. The summed E-state index contributed by atoms with van der Waals surface area (Å²) in [6, 6.07) is 83.2. The topological polar surface area (TPSA) is 44.0 Å². The third kappa shape index (κ3) is 20.6. The van der Waals surface area contributed by atoms with E-state index in [-0.39, 0.29) is 0 Å². The van der Waals surface area contributed by atoms with Crippen LogP contribution in [0.4, 0.5) is 0 Å². The average molecular weight is 1720 g/mol. The van der Waals surface area contributed by atoms with E-state index >= 15 is 0 Å². The second-order valence-corrected chi connectivity index (χ2v) is 37.8. The molecular formula is C119H147N10+5. The average Bonchev–Trinajstić information content (AvgIpc) is 1.32. The van der Waals surface area contributed by atoms with Crippen molar-refractivity contribution in [2.45, 2.75) is 232 Å². The summed E-state index contributed by atoms with van der Waals surface area (Å²) < 4.78 is 66.3. The quantitative estimate of drug-likeness (QED) is 0.0683. The summed E-state index contributed by atoms with van der Waals surface area (Å²) in [5.74, 6) is 3.96. The predicted molar refractivity (Wildman–Crippen MR) is 544 cm³/mol. The molecule has 0 spiro atoms. The molecule has 0 saturated carbocycles. The van der Waals surface area contributed by atoms with E-state index in [1.807, 2.05) is 157 Å². The van der Waals surface area contributed by atoms with Gasteiger partial charge in [0, 0.05) is 51.4 Å². The highest BCUT2D eigenvalue weighted by atomic mass is 15.2. The van der Waals surface area contributed by atoms with Crippen molar-refractivity contribution in [3.05, 3.63) is 370 Å². The van der Waals surface area contributed by atoms with Crippen LogP contribution in [0.5, 0.6) is 0 Å². The molecule has 0 aliphatic carbocycles. The van der Waals surface area contributed by atoms with E-state index in [2.05, 4.69) is 384 Å².